The van der Waals surface area contributed by atoms with Gasteiger partial charge in [0.05, 0.1) is 0 Å². The number of benzene rings is 1. The third kappa shape index (κ3) is 2.66. The molecule has 0 amide bonds. The highest BCUT2D eigenvalue weighted by atomic mass is 32.2. The molecule has 1 rings (SSSR count). The van der Waals surface area contributed by atoms with Gasteiger partial charge in [-0.25, -0.2) is 18.0 Å². The zero-order chi connectivity index (χ0) is 10.7. The van der Waals surface area contributed by atoms with Gasteiger partial charge >= 0.3 is 5.30 Å². The predicted molar refractivity (Wildman–Crippen MR) is 45.6 cm³/mol. The molecule has 0 fully saturated rings. The molecule has 1 aromatic rings. The van der Waals surface area contributed by atoms with E-state index in [1.807, 2.05) is 0 Å². The predicted octanol–water partition coefficient (Wildman–Crippen LogP) is 3.02. The van der Waals surface area contributed by atoms with Gasteiger partial charge in [-0.15, -0.1) is 0 Å². The number of hydrogen-bond acceptors (Lipinski definition) is 2. The van der Waals surface area contributed by atoms with Crippen molar-refractivity contribution in [3.63, 3.8) is 0 Å². The van der Waals surface area contributed by atoms with E-state index in [0.29, 0.717) is 11.8 Å². The van der Waals surface area contributed by atoms with Crippen molar-refractivity contribution in [3.8, 4) is 0 Å². The molecule has 0 spiro atoms. The number of carboxylic acid groups (broad SMARTS) is 1. The lowest BCUT2D eigenvalue weighted by atomic mass is 10.2. The molecule has 0 saturated carbocycles. The molecule has 0 aliphatic rings. The Hall–Kier alpha value is -1.17. The first-order chi connectivity index (χ1) is 6.50. The Morgan fingerprint density at radius 2 is 1.79 bits per heavy atom. The molecule has 0 bridgehead atoms. The maximum atomic E-state index is 12.6. The van der Waals surface area contributed by atoms with Crippen LogP contribution in [0.5, 0.6) is 0 Å². The van der Waals surface area contributed by atoms with Gasteiger partial charge in [0.1, 0.15) is 0 Å². The van der Waals surface area contributed by atoms with Gasteiger partial charge in [-0.1, -0.05) is 0 Å². The molecule has 0 saturated heterocycles. The highest BCUT2D eigenvalue weighted by Crippen LogP contribution is 2.18. The van der Waals surface area contributed by atoms with Gasteiger partial charge in [0.15, 0.2) is 17.5 Å². The van der Waals surface area contributed by atoms with Crippen molar-refractivity contribution < 1.29 is 23.1 Å². The summed E-state index contributed by atoms with van der Waals surface area (Å²) >= 11 is 0.469. The van der Waals surface area contributed by atoms with Gasteiger partial charge in [0.25, 0.3) is 0 Å². The first-order valence-electron chi connectivity index (χ1n) is 3.50. The van der Waals surface area contributed by atoms with Crippen molar-refractivity contribution in [1.29, 1.82) is 0 Å². The van der Waals surface area contributed by atoms with Crippen LogP contribution in [0, 0.1) is 17.5 Å². The summed E-state index contributed by atoms with van der Waals surface area (Å²) < 4.78 is 37.6. The molecule has 76 valence electrons. The van der Waals surface area contributed by atoms with E-state index in [1.54, 1.807) is 0 Å². The molecule has 14 heavy (non-hydrogen) atoms. The Bertz CT molecular complexity index is 345. The third-order valence-corrected chi connectivity index (χ3v) is 2.13. The van der Waals surface area contributed by atoms with Crippen LogP contribution in [0.25, 0.3) is 0 Å². The Morgan fingerprint density at radius 3 is 2.21 bits per heavy atom. The maximum Gasteiger partial charge on any atom is 0.365 e. The maximum absolute atomic E-state index is 12.6. The van der Waals surface area contributed by atoms with Crippen LogP contribution < -0.4 is 0 Å². The summed E-state index contributed by atoms with van der Waals surface area (Å²) in [4.78, 5) is 10.1. The quantitative estimate of drug-likeness (QED) is 0.781. The van der Waals surface area contributed by atoms with Crippen molar-refractivity contribution in [2.45, 2.75) is 5.75 Å². The van der Waals surface area contributed by atoms with Crippen molar-refractivity contribution in [2.24, 2.45) is 0 Å². The smallest absolute Gasteiger partial charge is 0.365 e. The summed E-state index contributed by atoms with van der Waals surface area (Å²) in [6.45, 7) is 0. The van der Waals surface area contributed by atoms with Crippen LogP contribution in [0.1, 0.15) is 5.56 Å². The number of carbonyl (C=O) groups is 1. The second-order valence-corrected chi connectivity index (χ2v) is 3.35. The Labute approximate surface area is 81.7 Å². The number of rotatable bonds is 2. The Balaban J connectivity index is 2.84. The number of halogens is 3. The minimum absolute atomic E-state index is 0.0915. The van der Waals surface area contributed by atoms with Crippen molar-refractivity contribution in [3.05, 3.63) is 35.1 Å². The van der Waals surface area contributed by atoms with E-state index in [4.69, 9.17) is 5.11 Å². The fraction of sp³-hybridized carbons (Fsp3) is 0.125. The number of thioether (sulfide) groups is 1. The average Bonchev–Trinajstić information content (AvgIpc) is 2.10. The van der Waals surface area contributed by atoms with Gasteiger partial charge in [-0.2, -0.15) is 0 Å². The topological polar surface area (TPSA) is 37.3 Å². The summed E-state index contributed by atoms with van der Waals surface area (Å²) in [5.41, 5.74) is 0.0915. The highest BCUT2D eigenvalue weighted by molar-refractivity contribution is 8.12. The van der Waals surface area contributed by atoms with Crippen LogP contribution >= 0.6 is 11.8 Å². The van der Waals surface area contributed by atoms with Crippen LogP contribution in [-0.4, -0.2) is 10.4 Å². The standard InChI is InChI=1S/C8H5F3O2S/c9-5-1-4(3-14-8(12)13)2-6(10)7(5)11/h1-2H,3H2,(H,12,13). The molecule has 1 N–H and O–H groups in total. The van der Waals surface area contributed by atoms with Gasteiger partial charge < -0.3 is 5.11 Å². The second-order valence-electron chi connectivity index (χ2n) is 2.43. The van der Waals surface area contributed by atoms with Crippen LogP contribution in [0.4, 0.5) is 18.0 Å². The fourth-order valence-corrected chi connectivity index (χ4v) is 1.29. The van der Waals surface area contributed by atoms with Crippen LogP contribution in [0.2, 0.25) is 0 Å². The summed E-state index contributed by atoms with van der Waals surface area (Å²) in [7, 11) is 0. The molecule has 0 unspecified atom stereocenters. The molecule has 6 heteroatoms. The van der Waals surface area contributed by atoms with Crippen LogP contribution in [0.15, 0.2) is 12.1 Å². The zero-order valence-electron chi connectivity index (χ0n) is 6.76. The molecular weight excluding hydrogens is 217 g/mol. The normalized spacial score (nSPS) is 10.2. The zero-order valence-corrected chi connectivity index (χ0v) is 7.58. The van der Waals surface area contributed by atoms with Gasteiger partial charge in [-0.3, -0.25) is 0 Å². The van der Waals surface area contributed by atoms with E-state index in [0.717, 1.165) is 12.1 Å². The summed E-state index contributed by atoms with van der Waals surface area (Å²) in [6, 6.07) is 1.54. The van der Waals surface area contributed by atoms with E-state index in [-0.39, 0.29) is 11.3 Å². The first kappa shape index (κ1) is 10.9. The van der Waals surface area contributed by atoms with Crippen molar-refractivity contribution in [2.75, 3.05) is 0 Å². The van der Waals surface area contributed by atoms with Gasteiger partial charge in [-0.05, 0) is 29.5 Å². The molecule has 0 aliphatic heterocycles. The SMILES string of the molecule is O=C(O)SCc1cc(F)c(F)c(F)c1. The largest absolute Gasteiger partial charge is 0.473 e. The highest BCUT2D eigenvalue weighted by Gasteiger charge is 2.11. The van der Waals surface area contributed by atoms with Crippen LogP contribution in [0.3, 0.4) is 0 Å². The minimum Gasteiger partial charge on any atom is -0.473 e. The molecule has 0 aliphatic carbocycles. The van der Waals surface area contributed by atoms with Gasteiger partial charge in [0, 0.05) is 5.75 Å². The lowest BCUT2D eigenvalue weighted by Gasteiger charge is -2.00. The first-order valence-corrected chi connectivity index (χ1v) is 4.48. The molecule has 0 radical (unpaired) electrons. The third-order valence-electron chi connectivity index (χ3n) is 1.41. The number of hydrogen-bond donors (Lipinski definition) is 1. The molecule has 0 atom stereocenters. The average molecular weight is 222 g/mol. The second kappa shape index (κ2) is 4.36. The summed E-state index contributed by atoms with van der Waals surface area (Å²) in [5.74, 6) is -4.28. The molecule has 2 nitrogen and oxygen atoms in total. The molecule has 1 aromatic carbocycles. The van der Waals surface area contributed by atoms with Crippen molar-refractivity contribution in [1.82, 2.24) is 0 Å². The van der Waals surface area contributed by atoms with E-state index in [9.17, 15) is 18.0 Å². The monoisotopic (exact) mass is 222 g/mol. The van der Waals surface area contributed by atoms with E-state index < -0.39 is 22.8 Å². The van der Waals surface area contributed by atoms with Crippen molar-refractivity contribution >= 4 is 17.1 Å². The minimum atomic E-state index is -1.55. The lowest BCUT2D eigenvalue weighted by Crippen LogP contribution is -1.94. The lowest BCUT2D eigenvalue weighted by molar-refractivity contribution is 0.222. The summed E-state index contributed by atoms with van der Waals surface area (Å²) in [6.07, 6.45) is 0. The van der Waals surface area contributed by atoms with E-state index in [1.165, 1.54) is 0 Å². The van der Waals surface area contributed by atoms with Crippen LogP contribution in [-0.2, 0) is 5.75 Å². The van der Waals surface area contributed by atoms with Gasteiger partial charge in [0.2, 0.25) is 0 Å². The summed E-state index contributed by atoms with van der Waals surface area (Å²) in [5, 5.41) is 7.11. The van der Waals surface area contributed by atoms with E-state index >= 15 is 0 Å². The van der Waals surface area contributed by atoms with E-state index in [2.05, 4.69) is 0 Å². The molecule has 0 aromatic heterocycles. The Morgan fingerprint density at radius 1 is 1.29 bits per heavy atom. The molecule has 0 heterocycles. The Kier molecular flexibility index (Phi) is 3.40. The molecular formula is C8H5F3O2S. The fourth-order valence-electron chi connectivity index (χ4n) is 0.836.